The molecule has 1 aromatic carbocycles. The first-order chi connectivity index (χ1) is 12.4. The van der Waals surface area contributed by atoms with Crippen LogP contribution in [-0.4, -0.2) is 25.0 Å². The molecule has 1 N–H and O–H groups in total. The first-order valence-corrected chi connectivity index (χ1v) is 9.45. The van der Waals surface area contributed by atoms with Gasteiger partial charge in [0.15, 0.2) is 0 Å². The Morgan fingerprint density at radius 2 is 2.19 bits per heavy atom. The first-order valence-electron chi connectivity index (χ1n) is 8.51. The van der Waals surface area contributed by atoms with E-state index >= 15 is 0 Å². The van der Waals surface area contributed by atoms with Crippen LogP contribution in [-0.2, 0) is 9.59 Å². The van der Waals surface area contributed by atoms with Gasteiger partial charge < -0.3 is 15.0 Å². The van der Waals surface area contributed by atoms with E-state index in [0.29, 0.717) is 24.6 Å². The first kappa shape index (κ1) is 18.2. The molecule has 3 rings (SSSR count). The molecule has 6 heteroatoms. The summed E-state index contributed by atoms with van der Waals surface area (Å²) < 4.78 is 5.88. The molecule has 0 aliphatic carbocycles. The van der Waals surface area contributed by atoms with Gasteiger partial charge in [-0.05, 0) is 61.4 Å². The van der Waals surface area contributed by atoms with Gasteiger partial charge in [-0.2, -0.15) is 11.3 Å². The number of fused-ring (bicyclic) bond motifs is 1. The number of hydrogen-bond donors (Lipinski definition) is 1. The zero-order chi connectivity index (χ0) is 18.7. The Kier molecular flexibility index (Phi) is 5.13. The normalized spacial score (nSPS) is 16.1. The van der Waals surface area contributed by atoms with Gasteiger partial charge in [0.2, 0.25) is 11.8 Å². The molecule has 0 fully saturated rings. The predicted octanol–water partition coefficient (Wildman–Crippen LogP) is 4.17. The lowest BCUT2D eigenvalue weighted by Crippen LogP contribution is -2.42. The molecule has 1 aliphatic heterocycles. The number of thiophene rings is 1. The quantitative estimate of drug-likeness (QED) is 0.822. The number of nitrogens with one attached hydrogen (secondary N) is 1. The topological polar surface area (TPSA) is 58.6 Å². The summed E-state index contributed by atoms with van der Waals surface area (Å²) in [6, 6.07) is 7.31. The highest BCUT2D eigenvalue weighted by molar-refractivity contribution is 7.08. The van der Waals surface area contributed by atoms with Crippen molar-refractivity contribution in [2.75, 3.05) is 23.4 Å². The lowest BCUT2D eigenvalue weighted by Gasteiger charge is -2.26. The van der Waals surface area contributed by atoms with Gasteiger partial charge in [-0.15, -0.1) is 0 Å². The fraction of sp³-hybridized carbons (Fsp3) is 0.300. The van der Waals surface area contributed by atoms with Crippen LogP contribution in [0.1, 0.15) is 26.3 Å². The van der Waals surface area contributed by atoms with Crippen LogP contribution >= 0.6 is 11.3 Å². The van der Waals surface area contributed by atoms with Crippen LogP contribution in [0.3, 0.4) is 0 Å². The van der Waals surface area contributed by atoms with Gasteiger partial charge in [-0.25, -0.2) is 0 Å². The molecule has 5 nitrogen and oxygen atoms in total. The Balaban J connectivity index is 1.79. The van der Waals surface area contributed by atoms with Gasteiger partial charge in [0, 0.05) is 24.4 Å². The van der Waals surface area contributed by atoms with Gasteiger partial charge in [-0.3, -0.25) is 9.59 Å². The van der Waals surface area contributed by atoms with E-state index in [1.54, 1.807) is 34.4 Å². The van der Waals surface area contributed by atoms with Crippen molar-refractivity contribution in [3.05, 3.63) is 46.7 Å². The van der Waals surface area contributed by atoms with Crippen LogP contribution in [0.25, 0.3) is 6.08 Å². The number of carbonyl (C=O) groups excluding carboxylic acids is 2. The van der Waals surface area contributed by atoms with Gasteiger partial charge in [-0.1, -0.05) is 0 Å². The Morgan fingerprint density at radius 3 is 2.88 bits per heavy atom. The zero-order valence-corrected chi connectivity index (χ0v) is 15.9. The smallest absolute Gasteiger partial charge is 0.248 e. The van der Waals surface area contributed by atoms with Crippen LogP contribution in [0.5, 0.6) is 5.75 Å². The fourth-order valence-corrected chi connectivity index (χ4v) is 3.39. The van der Waals surface area contributed by atoms with Gasteiger partial charge in [0.05, 0.1) is 11.1 Å². The van der Waals surface area contributed by atoms with Crippen molar-refractivity contribution in [2.24, 2.45) is 5.41 Å². The second-order valence-electron chi connectivity index (χ2n) is 6.78. The average Bonchev–Trinajstić information content (AvgIpc) is 3.10. The van der Waals surface area contributed by atoms with Crippen molar-refractivity contribution in [2.45, 2.75) is 20.8 Å². The molecule has 1 aromatic heterocycles. The molecule has 0 radical (unpaired) electrons. The molecule has 26 heavy (non-hydrogen) atoms. The van der Waals surface area contributed by atoms with Crippen molar-refractivity contribution < 1.29 is 14.3 Å². The molecule has 0 saturated carbocycles. The molecular weight excluding hydrogens is 348 g/mol. The molecule has 0 atom stereocenters. The molecule has 0 bridgehead atoms. The third-order valence-corrected chi connectivity index (χ3v) is 4.92. The zero-order valence-electron chi connectivity index (χ0n) is 15.1. The van der Waals surface area contributed by atoms with E-state index in [0.717, 1.165) is 11.3 Å². The molecular formula is C20H22N2O3S. The molecule has 1 aliphatic rings. The Labute approximate surface area is 157 Å². The van der Waals surface area contributed by atoms with Crippen LogP contribution in [0.15, 0.2) is 41.1 Å². The van der Waals surface area contributed by atoms with Gasteiger partial charge in [0.25, 0.3) is 0 Å². The number of benzene rings is 1. The van der Waals surface area contributed by atoms with Crippen molar-refractivity contribution in [3.63, 3.8) is 0 Å². The summed E-state index contributed by atoms with van der Waals surface area (Å²) in [6.07, 6.45) is 3.27. The Bertz CT molecular complexity index is 841. The molecule has 0 saturated heterocycles. The third-order valence-electron chi connectivity index (χ3n) is 4.22. The van der Waals surface area contributed by atoms with E-state index in [2.05, 4.69) is 5.32 Å². The lowest BCUT2D eigenvalue weighted by atomic mass is 9.93. The van der Waals surface area contributed by atoms with Crippen molar-refractivity contribution in [3.8, 4) is 5.75 Å². The summed E-state index contributed by atoms with van der Waals surface area (Å²) in [5, 5.41) is 6.77. The highest BCUT2D eigenvalue weighted by Crippen LogP contribution is 2.38. The van der Waals surface area contributed by atoms with E-state index in [1.807, 2.05) is 43.7 Å². The van der Waals surface area contributed by atoms with Crippen LogP contribution in [0.2, 0.25) is 0 Å². The van der Waals surface area contributed by atoms with E-state index in [9.17, 15) is 9.59 Å². The third kappa shape index (κ3) is 3.80. The maximum Gasteiger partial charge on any atom is 0.248 e. The summed E-state index contributed by atoms with van der Waals surface area (Å²) in [5.41, 5.74) is 1.76. The number of anilines is 2. The second kappa shape index (κ2) is 7.33. The monoisotopic (exact) mass is 370 g/mol. The largest absolute Gasteiger partial charge is 0.490 e. The van der Waals surface area contributed by atoms with Crippen LogP contribution < -0.4 is 15.0 Å². The van der Waals surface area contributed by atoms with Crippen molar-refractivity contribution in [1.29, 1.82) is 0 Å². The minimum Gasteiger partial charge on any atom is -0.490 e. The van der Waals surface area contributed by atoms with E-state index < -0.39 is 5.41 Å². The van der Waals surface area contributed by atoms with Gasteiger partial charge >= 0.3 is 0 Å². The standard InChI is InChI=1S/C20H22N2O3S/c1-4-22-16-7-6-15(11-17(16)25-13-20(2,3)19(22)24)21-18(23)8-5-14-9-10-26-12-14/h5-12H,4,13H2,1-3H3,(H,21,23)/b8-5+. The highest BCUT2D eigenvalue weighted by atomic mass is 32.1. The minimum atomic E-state index is -0.596. The van der Waals surface area contributed by atoms with Crippen LogP contribution in [0, 0.1) is 5.41 Å². The second-order valence-corrected chi connectivity index (χ2v) is 7.56. The molecule has 0 unspecified atom stereocenters. The lowest BCUT2D eigenvalue weighted by molar-refractivity contribution is -0.127. The van der Waals surface area contributed by atoms with Crippen LogP contribution in [0.4, 0.5) is 11.4 Å². The SMILES string of the molecule is CCN1C(=O)C(C)(C)COc2cc(NC(=O)/C=C/c3ccsc3)ccc21. The van der Waals surface area contributed by atoms with E-state index in [4.69, 9.17) is 4.74 Å². The number of amides is 2. The fourth-order valence-electron chi connectivity index (χ4n) is 2.76. The Morgan fingerprint density at radius 1 is 1.38 bits per heavy atom. The van der Waals surface area contributed by atoms with Gasteiger partial charge in [0.1, 0.15) is 12.4 Å². The van der Waals surface area contributed by atoms with E-state index in [-0.39, 0.29) is 11.8 Å². The number of nitrogens with zero attached hydrogens (tertiary/aromatic N) is 1. The summed E-state index contributed by atoms with van der Waals surface area (Å²) in [5.74, 6) is 0.424. The molecule has 2 amide bonds. The summed E-state index contributed by atoms with van der Waals surface area (Å²) >= 11 is 1.58. The molecule has 0 spiro atoms. The number of carbonyl (C=O) groups is 2. The van der Waals surface area contributed by atoms with Crippen molar-refractivity contribution >= 4 is 40.6 Å². The highest BCUT2D eigenvalue weighted by Gasteiger charge is 2.37. The molecule has 2 heterocycles. The maximum absolute atomic E-state index is 12.7. The Hall–Kier alpha value is -2.60. The predicted molar refractivity (Wildman–Crippen MR) is 106 cm³/mol. The summed E-state index contributed by atoms with van der Waals surface area (Å²) in [4.78, 5) is 26.5. The molecule has 136 valence electrons. The van der Waals surface area contributed by atoms with E-state index in [1.165, 1.54) is 6.08 Å². The summed E-state index contributed by atoms with van der Waals surface area (Å²) in [7, 11) is 0. The molecule has 2 aromatic rings. The number of ether oxygens (including phenoxy) is 1. The maximum atomic E-state index is 12.7. The number of hydrogen-bond acceptors (Lipinski definition) is 4. The number of rotatable bonds is 4. The minimum absolute atomic E-state index is 0.0363. The van der Waals surface area contributed by atoms with Crippen molar-refractivity contribution in [1.82, 2.24) is 0 Å². The summed E-state index contributed by atoms with van der Waals surface area (Å²) in [6.45, 7) is 6.55. The average molecular weight is 370 g/mol.